The lowest BCUT2D eigenvalue weighted by Crippen LogP contribution is -2.32. The highest BCUT2D eigenvalue weighted by Gasteiger charge is 2.18. The van der Waals surface area contributed by atoms with Crippen LogP contribution in [0.1, 0.15) is 18.9 Å². The molecular weight excluding hydrogens is 282 g/mol. The van der Waals surface area contributed by atoms with Gasteiger partial charge in [0.25, 0.3) is 0 Å². The molecule has 0 amide bonds. The molecule has 0 aliphatic carbocycles. The fourth-order valence-corrected chi connectivity index (χ4v) is 2.47. The van der Waals surface area contributed by atoms with Gasteiger partial charge in [-0.25, -0.2) is 4.98 Å². The quantitative estimate of drug-likeness (QED) is 0.906. The molecule has 1 unspecified atom stereocenters. The Morgan fingerprint density at radius 2 is 2.47 bits per heavy atom. The molecule has 1 atom stereocenters. The Hall–Kier alpha value is -0.650. The second-order valence-corrected chi connectivity index (χ2v) is 5.24. The molecule has 1 aliphatic heterocycles. The minimum atomic E-state index is 0.244. The predicted octanol–water partition coefficient (Wildman–Crippen LogP) is 1.92. The van der Waals surface area contributed by atoms with E-state index in [0.717, 1.165) is 42.0 Å². The highest BCUT2D eigenvalue weighted by molar-refractivity contribution is 9.10. The third-order valence-electron chi connectivity index (χ3n) is 2.88. The molecule has 0 radical (unpaired) electrons. The molecule has 1 fully saturated rings. The van der Waals surface area contributed by atoms with Crippen molar-refractivity contribution in [2.24, 2.45) is 5.73 Å². The van der Waals surface area contributed by atoms with Gasteiger partial charge in [-0.15, -0.1) is 0 Å². The van der Waals surface area contributed by atoms with Crippen LogP contribution in [0.15, 0.2) is 16.7 Å². The van der Waals surface area contributed by atoms with Crippen LogP contribution in [0.25, 0.3) is 0 Å². The molecule has 0 saturated carbocycles. The largest absolute Gasteiger partial charge is 0.377 e. The van der Waals surface area contributed by atoms with Crippen LogP contribution in [-0.4, -0.2) is 30.8 Å². The van der Waals surface area contributed by atoms with Crippen molar-refractivity contribution in [3.8, 4) is 0 Å². The fraction of sp³-hybridized carbons (Fsp3) is 0.583. The van der Waals surface area contributed by atoms with Gasteiger partial charge in [0.1, 0.15) is 5.82 Å². The van der Waals surface area contributed by atoms with E-state index in [0.29, 0.717) is 6.54 Å². The van der Waals surface area contributed by atoms with Crippen molar-refractivity contribution < 1.29 is 4.74 Å². The van der Waals surface area contributed by atoms with Gasteiger partial charge in [-0.2, -0.15) is 0 Å². The average molecular weight is 300 g/mol. The number of hydrogen-bond acceptors (Lipinski definition) is 4. The summed E-state index contributed by atoms with van der Waals surface area (Å²) in [6.45, 7) is 5.28. The predicted molar refractivity (Wildman–Crippen MR) is 72.1 cm³/mol. The Labute approximate surface area is 110 Å². The monoisotopic (exact) mass is 299 g/mol. The van der Waals surface area contributed by atoms with E-state index < -0.39 is 0 Å². The minimum absolute atomic E-state index is 0.244. The molecule has 17 heavy (non-hydrogen) atoms. The number of pyridine rings is 1. The molecule has 2 heterocycles. The lowest BCUT2D eigenvalue weighted by atomic mass is 10.2. The molecular formula is C12H18BrN3O. The number of rotatable bonds is 2. The third-order valence-corrected chi connectivity index (χ3v) is 3.31. The van der Waals surface area contributed by atoms with Crippen molar-refractivity contribution >= 4 is 21.7 Å². The van der Waals surface area contributed by atoms with E-state index in [1.54, 1.807) is 0 Å². The van der Waals surface area contributed by atoms with Gasteiger partial charge in [-0.1, -0.05) is 0 Å². The summed E-state index contributed by atoms with van der Waals surface area (Å²) in [5.74, 6) is 0.994. The van der Waals surface area contributed by atoms with Crippen LogP contribution in [0.3, 0.4) is 0 Å². The number of aromatic nitrogens is 1. The summed E-state index contributed by atoms with van der Waals surface area (Å²) < 4.78 is 6.61. The van der Waals surface area contributed by atoms with Gasteiger partial charge in [0.2, 0.25) is 0 Å². The zero-order valence-corrected chi connectivity index (χ0v) is 11.6. The first kappa shape index (κ1) is 12.8. The normalized spacial score (nSPS) is 21.4. The topological polar surface area (TPSA) is 51.4 Å². The van der Waals surface area contributed by atoms with Crippen LogP contribution in [0.4, 0.5) is 5.82 Å². The second-order valence-electron chi connectivity index (χ2n) is 4.32. The summed E-state index contributed by atoms with van der Waals surface area (Å²) in [7, 11) is 0. The van der Waals surface area contributed by atoms with Crippen molar-refractivity contribution in [1.29, 1.82) is 0 Å². The lowest BCUT2D eigenvalue weighted by molar-refractivity contribution is 0.0820. The fourth-order valence-electron chi connectivity index (χ4n) is 2.10. The van der Waals surface area contributed by atoms with Gasteiger partial charge in [0.05, 0.1) is 6.10 Å². The number of nitrogens with two attached hydrogens (primary N) is 1. The van der Waals surface area contributed by atoms with Gasteiger partial charge >= 0.3 is 0 Å². The van der Waals surface area contributed by atoms with Gasteiger partial charge in [-0.05, 0) is 35.3 Å². The van der Waals surface area contributed by atoms with Gasteiger partial charge in [-0.3, -0.25) is 0 Å². The summed E-state index contributed by atoms with van der Waals surface area (Å²) in [4.78, 5) is 6.76. The Morgan fingerprint density at radius 1 is 1.65 bits per heavy atom. The van der Waals surface area contributed by atoms with Crippen molar-refractivity contribution in [2.45, 2.75) is 26.0 Å². The van der Waals surface area contributed by atoms with Crippen molar-refractivity contribution in [2.75, 3.05) is 24.6 Å². The molecule has 0 bridgehead atoms. The van der Waals surface area contributed by atoms with Gasteiger partial charge in [0, 0.05) is 42.5 Å². The molecule has 1 aliphatic rings. The maximum atomic E-state index is 5.78. The van der Waals surface area contributed by atoms with Gasteiger partial charge < -0.3 is 15.4 Å². The maximum Gasteiger partial charge on any atom is 0.133 e. The minimum Gasteiger partial charge on any atom is -0.377 e. The summed E-state index contributed by atoms with van der Waals surface area (Å²) in [6, 6.07) is 2.04. The Morgan fingerprint density at radius 3 is 3.24 bits per heavy atom. The molecule has 94 valence electrons. The Bertz CT molecular complexity index is 386. The van der Waals surface area contributed by atoms with Crippen LogP contribution < -0.4 is 10.6 Å². The van der Waals surface area contributed by atoms with E-state index in [4.69, 9.17) is 10.5 Å². The molecule has 1 aromatic rings. The van der Waals surface area contributed by atoms with Crippen LogP contribution in [0.2, 0.25) is 0 Å². The average Bonchev–Trinajstić information content (AvgIpc) is 2.53. The van der Waals surface area contributed by atoms with Crippen molar-refractivity contribution in [3.63, 3.8) is 0 Å². The summed E-state index contributed by atoms with van der Waals surface area (Å²) >= 11 is 3.43. The third kappa shape index (κ3) is 3.18. The number of nitrogens with zero attached hydrogens (tertiary/aromatic N) is 2. The van der Waals surface area contributed by atoms with Crippen LogP contribution in [0.5, 0.6) is 0 Å². The van der Waals surface area contributed by atoms with E-state index in [9.17, 15) is 0 Å². The molecule has 1 saturated heterocycles. The number of halogens is 1. The Kier molecular flexibility index (Phi) is 4.36. The molecule has 0 aromatic carbocycles. The highest BCUT2D eigenvalue weighted by atomic mass is 79.9. The molecule has 1 aromatic heterocycles. The molecule has 2 rings (SSSR count). The van der Waals surface area contributed by atoms with Crippen LogP contribution >= 0.6 is 15.9 Å². The zero-order valence-electron chi connectivity index (χ0n) is 10.0. The van der Waals surface area contributed by atoms with Crippen molar-refractivity contribution in [3.05, 3.63) is 22.3 Å². The molecule has 5 heteroatoms. The van der Waals surface area contributed by atoms with Crippen molar-refractivity contribution in [1.82, 2.24) is 4.98 Å². The van der Waals surface area contributed by atoms with Crippen LogP contribution in [0, 0.1) is 0 Å². The first-order valence-corrected chi connectivity index (χ1v) is 6.71. The summed E-state index contributed by atoms with van der Waals surface area (Å²) in [5.41, 5.74) is 6.86. The summed E-state index contributed by atoms with van der Waals surface area (Å²) in [6.07, 6.45) is 3.10. The smallest absolute Gasteiger partial charge is 0.133 e. The van der Waals surface area contributed by atoms with Crippen LogP contribution in [-0.2, 0) is 11.3 Å². The number of ether oxygens (including phenoxy) is 1. The van der Waals surface area contributed by atoms with E-state index in [-0.39, 0.29) is 6.10 Å². The lowest BCUT2D eigenvalue weighted by Gasteiger charge is -2.25. The van der Waals surface area contributed by atoms with E-state index in [1.807, 2.05) is 12.3 Å². The SMILES string of the molecule is CC1CN(c2ncc(Br)cc2CN)CCCO1. The first-order chi connectivity index (χ1) is 8.20. The number of anilines is 1. The molecule has 2 N–H and O–H groups in total. The highest BCUT2D eigenvalue weighted by Crippen LogP contribution is 2.23. The molecule has 0 spiro atoms. The first-order valence-electron chi connectivity index (χ1n) is 5.91. The molecule has 4 nitrogen and oxygen atoms in total. The number of hydrogen-bond donors (Lipinski definition) is 1. The standard InChI is InChI=1S/C12H18BrN3O/c1-9-8-16(3-2-4-17-9)12-10(6-14)5-11(13)7-15-12/h5,7,9H,2-4,6,8,14H2,1H3. The second kappa shape index (κ2) is 5.80. The van der Waals surface area contributed by atoms with E-state index >= 15 is 0 Å². The maximum absolute atomic E-state index is 5.78. The Balaban J connectivity index is 2.25. The van der Waals surface area contributed by atoms with Gasteiger partial charge in [0.15, 0.2) is 0 Å². The van der Waals surface area contributed by atoms with E-state index in [2.05, 4.69) is 32.7 Å². The summed E-state index contributed by atoms with van der Waals surface area (Å²) in [5, 5.41) is 0. The zero-order chi connectivity index (χ0) is 12.3. The van der Waals surface area contributed by atoms with E-state index in [1.165, 1.54) is 0 Å².